The van der Waals surface area contributed by atoms with Crippen LogP contribution in [0.2, 0.25) is 0 Å². The van der Waals surface area contributed by atoms with Gasteiger partial charge in [0.1, 0.15) is 0 Å². The molecule has 1 amide bonds. The number of carbonyl (C=O) groups excluding carboxylic acids is 1. The molecule has 1 aromatic carbocycles. The van der Waals surface area contributed by atoms with Gasteiger partial charge in [-0.3, -0.25) is 9.69 Å². The van der Waals surface area contributed by atoms with Crippen LogP contribution in [0.5, 0.6) is 0 Å². The van der Waals surface area contributed by atoms with E-state index < -0.39 is 0 Å². The molecule has 0 aliphatic heterocycles. The minimum Gasteiger partial charge on any atom is -0.323 e. The predicted octanol–water partition coefficient (Wildman–Crippen LogP) is 3.00. The average Bonchev–Trinajstić information content (AvgIpc) is 2.34. The van der Waals surface area contributed by atoms with Crippen LogP contribution in [0.25, 0.3) is 0 Å². The van der Waals surface area contributed by atoms with Gasteiger partial charge >= 0.3 is 0 Å². The molecule has 20 heavy (non-hydrogen) atoms. The molecule has 4 nitrogen and oxygen atoms in total. The first-order valence-corrected chi connectivity index (χ1v) is 8.11. The molecule has 0 aliphatic carbocycles. The Hall–Kier alpha value is -0.430. The van der Waals surface area contributed by atoms with Crippen molar-refractivity contribution < 1.29 is 4.79 Å². The van der Waals surface area contributed by atoms with Crippen LogP contribution in [-0.2, 0) is 4.79 Å². The van der Waals surface area contributed by atoms with Gasteiger partial charge in [-0.2, -0.15) is 0 Å². The lowest BCUT2D eigenvalue weighted by atomic mass is 10.2. The molecule has 0 heterocycles. The standard InChI is InChI=1S/C14H21Br2N3O/c1-10-7-11(15)14(12(16)8-10)18-13(20)9-19(3)6-4-5-17-2/h7-8,17H,4-6,9H2,1-3H3,(H,18,20). The molecule has 0 saturated heterocycles. The second-order valence-electron chi connectivity index (χ2n) is 4.85. The van der Waals surface area contributed by atoms with Gasteiger partial charge in [0.15, 0.2) is 0 Å². The highest BCUT2D eigenvalue weighted by Gasteiger charge is 2.11. The quantitative estimate of drug-likeness (QED) is 0.684. The van der Waals surface area contributed by atoms with Gasteiger partial charge in [-0.1, -0.05) is 0 Å². The van der Waals surface area contributed by atoms with Crippen LogP contribution in [0.4, 0.5) is 5.69 Å². The van der Waals surface area contributed by atoms with E-state index in [2.05, 4.69) is 42.5 Å². The molecule has 1 aromatic rings. The van der Waals surface area contributed by atoms with E-state index in [9.17, 15) is 4.79 Å². The summed E-state index contributed by atoms with van der Waals surface area (Å²) in [6, 6.07) is 3.97. The highest BCUT2D eigenvalue weighted by atomic mass is 79.9. The first kappa shape index (κ1) is 17.6. The first-order valence-electron chi connectivity index (χ1n) is 6.52. The highest BCUT2D eigenvalue weighted by molar-refractivity contribution is 9.11. The Morgan fingerprint density at radius 1 is 1.30 bits per heavy atom. The molecule has 0 unspecified atom stereocenters. The van der Waals surface area contributed by atoms with Crippen LogP contribution in [-0.4, -0.2) is 44.5 Å². The predicted molar refractivity (Wildman–Crippen MR) is 91.2 cm³/mol. The Balaban J connectivity index is 2.54. The molecule has 6 heteroatoms. The van der Waals surface area contributed by atoms with Crippen molar-refractivity contribution in [3.63, 3.8) is 0 Å². The maximum absolute atomic E-state index is 12.0. The lowest BCUT2D eigenvalue weighted by molar-refractivity contribution is -0.117. The molecule has 1 rings (SSSR count). The molecule has 0 atom stereocenters. The number of rotatable bonds is 7. The molecule has 0 saturated carbocycles. The zero-order valence-electron chi connectivity index (χ0n) is 12.1. The zero-order chi connectivity index (χ0) is 15.1. The van der Waals surface area contributed by atoms with E-state index >= 15 is 0 Å². The van der Waals surface area contributed by atoms with E-state index in [0.717, 1.165) is 39.7 Å². The Labute approximate surface area is 137 Å². The van der Waals surface area contributed by atoms with Gasteiger partial charge in [0, 0.05) is 8.95 Å². The molecule has 0 fully saturated rings. The topological polar surface area (TPSA) is 44.4 Å². The van der Waals surface area contributed by atoms with E-state index in [4.69, 9.17) is 0 Å². The number of likely N-dealkylation sites (N-methyl/N-ethyl adjacent to an activating group) is 1. The van der Waals surface area contributed by atoms with Gasteiger partial charge in [0.25, 0.3) is 0 Å². The summed E-state index contributed by atoms with van der Waals surface area (Å²) >= 11 is 6.95. The zero-order valence-corrected chi connectivity index (χ0v) is 15.3. The summed E-state index contributed by atoms with van der Waals surface area (Å²) in [5.41, 5.74) is 1.91. The second-order valence-corrected chi connectivity index (χ2v) is 6.56. The summed E-state index contributed by atoms with van der Waals surface area (Å²) in [6.07, 6.45) is 1.03. The average molecular weight is 407 g/mol. The van der Waals surface area contributed by atoms with Gasteiger partial charge in [-0.05, 0) is 90.1 Å². The molecule has 0 aliphatic rings. The first-order chi connectivity index (χ1) is 9.43. The number of carbonyl (C=O) groups is 1. The minimum atomic E-state index is -0.0118. The lowest BCUT2D eigenvalue weighted by Crippen LogP contribution is -2.32. The molecular formula is C14H21Br2N3O. The van der Waals surface area contributed by atoms with Gasteiger partial charge in [0.2, 0.25) is 5.91 Å². The van der Waals surface area contributed by atoms with Crippen LogP contribution < -0.4 is 10.6 Å². The third kappa shape index (κ3) is 5.91. The van der Waals surface area contributed by atoms with Crippen molar-refractivity contribution >= 4 is 43.5 Å². The Morgan fingerprint density at radius 2 is 1.90 bits per heavy atom. The number of hydrogen-bond acceptors (Lipinski definition) is 3. The van der Waals surface area contributed by atoms with Crippen molar-refractivity contribution in [2.75, 3.05) is 39.0 Å². The van der Waals surface area contributed by atoms with Crippen LogP contribution >= 0.6 is 31.9 Å². The van der Waals surface area contributed by atoms with Gasteiger partial charge in [-0.15, -0.1) is 0 Å². The summed E-state index contributed by atoms with van der Waals surface area (Å²) in [7, 11) is 3.88. The van der Waals surface area contributed by atoms with Crippen molar-refractivity contribution in [3.8, 4) is 0 Å². The number of amides is 1. The van der Waals surface area contributed by atoms with Crippen molar-refractivity contribution in [1.82, 2.24) is 10.2 Å². The van der Waals surface area contributed by atoms with Gasteiger partial charge in [0.05, 0.1) is 12.2 Å². The summed E-state index contributed by atoms with van der Waals surface area (Å²) in [5.74, 6) is -0.0118. The van der Waals surface area contributed by atoms with Crippen molar-refractivity contribution in [2.45, 2.75) is 13.3 Å². The van der Waals surface area contributed by atoms with E-state index in [-0.39, 0.29) is 5.91 Å². The molecular weight excluding hydrogens is 386 g/mol. The summed E-state index contributed by atoms with van der Waals surface area (Å²) in [6.45, 7) is 4.25. The Kier molecular flexibility index (Phi) is 7.72. The number of nitrogens with one attached hydrogen (secondary N) is 2. The molecule has 112 valence electrons. The largest absolute Gasteiger partial charge is 0.323 e. The van der Waals surface area contributed by atoms with Crippen LogP contribution in [0.15, 0.2) is 21.1 Å². The van der Waals surface area contributed by atoms with Crippen LogP contribution in [0.1, 0.15) is 12.0 Å². The van der Waals surface area contributed by atoms with Crippen molar-refractivity contribution in [1.29, 1.82) is 0 Å². The Bertz CT molecular complexity index is 443. The SMILES string of the molecule is CNCCCN(C)CC(=O)Nc1c(Br)cc(C)cc1Br. The van der Waals surface area contributed by atoms with E-state index in [1.165, 1.54) is 0 Å². The number of anilines is 1. The summed E-state index contributed by atoms with van der Waals surface area (Å²) < 4.78 is 1.77. The number of halogens is 2. The van der Waals surface area contributed by atoms with Crippen LogP contribution in [0.3, 0.4) is 0 Å². The van der Waals surface area contributed by atoms with E-state index in [0.29, 0.717) is 6.54 Å². The number of aryl methyl sites for hydroxylation is 1. The maximum Gasteiger partial charge on any atom is 0.238 e. The normalized spacial score (nSPS) is 10.9. The fourth-order valence-electron chi connectivity index (χ4n) is 1.85. The summed E-state index contributed by atoms with van der Waals surface area (Å²) in [4.78, 5) is 14.1. The number of benzene rings is 1. The Morgan fingerprint density at radius 3 is 2.45 bits per heavy atom. The van der Waals surface area contributed by atoms with Gasteiger partial charge < -0.3 is 10.6 Å². The lowest BCUT2D eigenvalue weighted by Gasteiger charge is -2.17. The fourth-order valence-corrected chi connectivity index (χ4v) is 3.46. The maximum atomic E-state index is 12.0. The number of nitrogens with zero attached hydrogens (tertiary/aromatic N) is 1. The fraction of sp³-hybridized carbons (Fsp3) is 0.500. The highest BCUT2D eigenvalue weighted by Crippen LogP contribution is 2.32. The molecule has 0 bridgehead atoms. The van der Waals surface area contributed by atoms with Gasteiger partial charge in [-0.25, -0.2) is 0 Å². The second kappa shape index (κ2) is 8.77. The molecule has 2 N–H and O–H groups in total. The van der Waals surface area contributed by atoms with Crippen molar-refractivity contribution in [3.05, 3.63) is 26.6 Å². The van der Waals surface area contributed by atoms with Crippen molar-refractivity contribution in [2.24, 2.45) is 0 Å². The van der Waals surface area contributed by atoms with Crippen LogP contribution in [0, 0.1) is 6.92 Å². The minimum absolute atomic E-state index is 0.0118. The third-order valence-electron chi connectivity index (χ3n) is 2.83. The number of hydrogen-bond donors (Lipinski definition) is 2. The van der Waals surface area contributed by atoms with E-state index in [1.54, 1.807) is 0 Å². The summed E-state index contributed by atoms with van der Waals surface area (Å²) in [5, 5.41) is 6.03. The molecule has 0 aromatic heterocycles. The van der Waals surface area contributed by atoms with E-state index in [1.807, 2.05) is 38.1 Å². The smallest absolute Gasteiger partial charge is 0.238 e. The third-order valence-corrected chi connectivity index (χ3v) is 4.08. The molecule has 0 spiro atoms. The monoisotopic (exact) mass is 405 g/mol. The molecule has 0 radical (unpaired) electrons.